The third kappa shape index (κ3) is 9.72. The van der Waals surface area contributed by atoms with Crippen LogP contribution >= 0.6 is 0 Å². The van der Waals surface area contributed by atoms with E-state index in [0.29, 0.717) is 0 Å². The van der Waals surface area contributed by atoms with Gasteiger partial charge in [-0.25, -0.2) is 9.59 Å². The molecule has 0 radical (unpaired) electrons. The van der Waals surface area contributed by atoms with Gasteiger partial charge in [0.05, 0.1) is 11.1 Å². The van der Waals surface area contributed by atoms with Gasteiger partial charge in [-0.2, -0.15) is 0 Å². The first-order chi connectivity index (χ1) is 21.2. The molecule has 2 aliphatic rings. The van der Waals surface area contributed by atoms with Gasteiger partial charge >= 0.3 is 12.1 Å². The average molecular weight is 613 g/mol. The molecule has 2 aromatic rings. The highest BCUT2D eigenvalue weighted by atomic mass is 16.2. The lowest BCUT2D eigenvalue weighted by Gasteiger charge is -2.35. The van der Waals surface area contributed by atoms with Gasteiger partial charge in [0.25, 0.3) is 0 Å². The zero-order chi connectivity index (χ0) is 32.8. The highest BCUT2D eigenvalue weighted by molar-refractivity contribution is 5.76. The third-order valence-electron chi connectivity index (χ3n) is 10.0. The minimum Gasteiger partial charge on any atom is -0.335 e. The van der Waals surface area contributed by atoms with E-state index in [4.69, 9.17) is 0 Å². The Balaban J connectivity index is 1.15. The smallest absolute Gasteiger partial charge is 0.315 e. The summed E-state index contributed by atoms with van der Waals surface area (Å²) in [6.45, 7) is 20.3. The number of carbonyl (C=O) groups excluding carboxylic acids is 2. The molecule has 0 heterocycles. The van der Waals surface area contributed by atoms with E-state index >= 15 is 0 Å². The maximum absolute atomic E-state index is 12.9. The van der Waals surface area contributed by atoms with Gasteiger partial charge in [-0.1, -0.05) is 60.7 Å². The Morgan fingerprint density at radius 2 is 1.00 bits per heavy atom. The summed E-state index contributed by atoms with van der Waals surface area (Å²) in [5.74, 6) is 1.45. The van der Waals surface area contributed by atoms with E-state index in [2.05, 4.69) is 70.8 Å². The van der Waals surface area contributed by atoms with Crippen LogP contribution in [0.4, 0.5) is 9.59 Å². The molecule has 0 aliphatic heterocycles. The topological polar surface area (TPSA) is 82.3 Å². The van der Waals surface area contributed by atoms with Crippen LogP contribution in [-0.2, 0) is 11.1 Å². The molecule has 0 aromatic heterocycles. The molecule has 2 aromatic carbocycles. The van der Waals surface area contributed by atoms with Gasteiger partial charge in [-0.3, -0.25) is 0 Å². The van der Waals surface area contributed by atoms with E-state index in [1.54, 1.807) is 0 Å². The van der Waals surface area contributed by atoms with Gasteiger partial charge in [0.2, 0.25) is 0 Å². The predicted molar refractivity (Wildman–Crippen MR) is 188 cm³/mol. The normalized spacial score (nSPS) is 22.2. The van der Waals surface area contributed by atoms with Gasteiger partial charge in [0, 0.05) is 12.1 Å². The molecule has 4 amide bonds. The number of rotatable bonds is 10. The largest absolute Gasteiger partial charge is 0.335 e. The molecule has 0 spiro atoms. The number of hydrogen-bond donors (Lipinski definition) is 4. The molecule has 2 fully saturated rings. The molecule has 4 rings (SSSR count). The summed E-state index contributed by atoms with van der Waals surface area (Å²) in [5.41, 5.74) is 5.41. The average Bonchev–Trinajstić information content (AvgIpc) is 2.98. The van der Waals surface area contributed by atoms with Crippen molar-refractivity contribution in [1.82, 2.24) is 21.3 Å². The Hall–Kier alpha value is -3.54. The van der Waals surface area contributed by atoms with Crippen LogP contribution in [0.2, 0.25) is 0 Å². The number of allylic oxidation sites excluding steroid dienone is 2. The van der Waals surface area contributed by atoms with Crippen molar-refractivity contribution in [3.63, 3.8) is 0 Å². The lowest BCUT2D eigenvalue weighted by molar-refractivity contribution is 0.193. The van der Waals surface area contributed by atoms with Gasteiger partial charge in [0.15, 0.2) is 0 Å². The molecule has 2 aliphatic carbocycles. The lowest BCUT2D eigenvalue weighted by atomic mass is 9.75. The van der Waals surface area contributed by atoms with Gasteiger partial charge in [0.1, 0.15) is 0 Å². The summed E-state index contributed by atoms with van der Waals surface area (Å²) in [5, 5.41) is 12.9. The van der Waals surface area contributed by atoms with Crippen LogP contribution in [0, 0.1) is 11.8 Å². The molecule has 244 valence electrons. The fourth-order valence-corrected chi connectivity index (χ4v) is 7.06. The van der Waals surface area contributed by atoms with Crippen molar-refractivity contribution in [3.05, 3.63) is 83.9 Å². The van der Waals surface area contributed by atoms with Crippen LogP contribution in [-0.4, -0.2) is 24.1 Å². The molecule has 2 saturated carbocycles. The Bertz CT molecular complexity index is 1260. The van der Waals surface area contributed by atoms with Crippen molar-refractivity contribution in [2.24, 2.45) is 11.8 Å². The molecule has 0 bridgehead atoms. The minimum atomic E-state index is -0.478. The Morgan fingerprint density at radius 3 is 1.33 bits per heavy atom. The first-order valence-electron chi connectivity index (χ1n) is 16.9. The summed E-state index contributed by atoms with van der Waals surface area (Å²) in [4.78, 5) is 25.9. The fraction of sp³-hybridized carbons (Fsp3) is 0.538. The summed E-state index contributed by atoms with van der Waals surface area (Å²) >= 11 is 0. The van der Waals surface area contributed by atoms with Gasteiger partial charge in [-0.15, -0.1) is 0 Å². The second-order valence-corrected chi connectivity index (χ2v) is 14.8. The maximum atomic E-state index is 12.9. The van der Waals surface area contributed by atoms with Crippen LogP contribution in [0.15, 0.2) is 61.7 Å². The monoisotopic (exact) mass is 612 g/mol. The van der Waals surface area contributed by atoms with Crippen LogP contribution in [0.1, 0.15) is 122 Å². The van der Waals surface area contributed by atoms with E-state index in [9.17, 15) is 9.59 Å². The second kappa shape index (κ2) is 14.7. The van der Waals surface area contributed by atoms with Crippen LogP contribution < -0.4 is 21.3 Å². The van der Waals surface area contributed by atoms with E-state index in [-0.39, 0.29) is 24.1 Å². The molecule has 6 nitrogen and oxygen atoms in total. The molecule has 0 unspecified atom stereocenters. The van der Waals surface area contributed by atoms with Gasteiger partial charge < -0.3 is 21.3 Å². The molecule has 0 atom stereocenters. The first-order valence-corrected chi connectivity index (χ1v) is 16.9. The number of hydrogen-bond acceptors (Lipinski definition) is 2. The van der Waals surface area contributed by atoms with Crippen molar-refractivity contribution >= 4 is 23.2 Å². The molecular weight excluding hydrogens is 556 g/mol. The zero-order valence-corrected chi connectivity index (χ0v) is 28.5. The highest BCUT2D eigenvalue weighted by Crippen LogP contribution is 2.36. The summed E-state index contributed by atoms with van der Waals surface area (Å²) < 4.78 is 0. The SMILES string of the molecule is C=C(C)c1cccc(C(C)(C)NC(=O)NC2CCC(CC3CCC(NC(=O)NC(C)(C)c4cccc(C(=C)C)c4)CC3)CC2)c1. The number of carbonyl (C=O) groups is 2. The lowest BCUT2D eigenvalue weighted by Crippen LogP contribution is -2.50. The van der Waals surface area contributed by atoms with Crippen molar-refractivity contribution in [3.8, 4) is 0 Å². The van der Waals surface area contributed by atoms with E-state index in [1.807, 2.05) is 53.7 Å². The van der Waals surface area contributed by atoms with E-state index in [1.165, 1.54) is 6.42 Å². The Kier molecular flexibility index (Phi) is 11.2. The quantitative estimate of drug-likeness (QED) is 0.216. The Labute approximate surface area is 271 Å². The number of nitrogens with one attached hydrogen (secondary N) is 4. The molecule has 45 heavy (non-hydrogen) atoms. The third-order valence-corrected chi connectivity index (χ3v) is 10.0. The molecule has 4 N–H and O–H groups in total. The number of urea groups is 2. The second-order valence-electron chi connectivity index (χ2n) is 14.8. The summed E-state index contributed by atoms with van der Waals surface area (Å²) in [6, 6.07) is 16.7. The van der Waals surface area contributed by atoms with Crippen molar-refractivity contribution in [2.45, 2.75) is 122 Å². The molecule has 0 saturated heterocycles. The number of benzene rings is 2. The highest BCUT2D eigenvalue weighted by Gasteiger charge is 2.30. The Morgan fingerprint density at radius 1 is 0.644 bits per heavy atom. The predicted octanol–water partition coefficient (Wildman–Crippen LogP) is 9.03. The van der Waals surface area contributed by atoms with Crippen LogP contribution in [0.3, 0.4) is 0 Å². The maximum Gasteiger partial charge on any atom is 0.315 e. The van der Waals surface area contributed by atoms with Crippen molar-refractivity contribution in [2.75, 3.05) is 0 Å². The van der Waals surface area contributed by atoms with Crippen molar-refractivity contribution in [1.29, 1.82) is 0 Å². The molecular formula is C39H56N4O2. The fourth-order valence-electron chi connectivity index (χ4n) is 7.06. The van der Waals surface area contributed by atoms with Crippen molar-refractivity contribution < 1.29 is 9.59 Å². The molecule has 6 heteroatoms. The summed E-state index contributed by atoms with van der Waals surface area (Å²) in [6.07, 6.45) is 10.0. The summed E-state index contributed by atoms with van der Waals surface area (Å²) in [7, 11) is 0. The number of amides is 4. The minimum absolute atomic E-state index is 0.0946. The standard InChI is InChI=1S/C39H56N4O2/c1-26(2)30-11-9-13-32(24-30)38(5,6)42-36(44)40-34-19-15-28(16-20-34)23-29-17-21-35(22-18-29)41-37(45)43-39(7,8)33-14-10-12-31(25-33)27(3)4/h9-14,24-25,28-29,34-35H,1,3,15-23H2,2,4-8H3,(H2,40,42,44)(H2,41,43,45). The first kappa shape index (κ1) is 34.3. The van der Waals surface area contributed by atoms with Crippen LogP contribution in [0.25, 0.3) is 11.1 Å². The van der Waals surface area contributed by atoms with E-state index in [0.717, 1.165) is 96.6 Å². The van der Waals surface area contributed by atoms with E-state index < -0.39 is 11.1 Å². The van der Waals surface area contributed by atoms with Gasteiger partial charge in [-0.05, 0) is 146 Å². The van der Waals surface area contributed by atoms with Crippen LogP contribution in [0.5, 0.6) is 0 Å². The zero-order valence-electron chi connectivity index (χ0n) is 28.5.